The maximum absolute atomic E-state index is 13.4. The molecule has 7 heteroatoms. The second-order valence-electron chi connectivity index (χ2n) is 11.0. The molecule has 6 atom stereocenters. The zero-order valence-corrected chi connectivity index (χ0v) is 20.1. The lowest BCUT2D eigenvalue weighted by atomic mass is 9.47. The number of hydrogen-bond donors (Lipinski definition) is 2. The monoisotopic (exact) mass is 470 g/mol. The lowest BCUT2D eigenvalue weighted by molar-refractivity contribution is -0.141. The van der Waals surface area contributed by atoms with Gasteiger partial charge in [-0.3, -0.25) is 19.2 Å². The van der Waals surface area contributed by atoms with E-state index in [9.17, 15) is 29.4 Å². The van der Waals surface area contributed by atoms with Crippen LogP contribution in [-0.2, 0) is 23.9 Å². The Labute approximate surface area is 199 Å². The third-order valence-electron chi connectivity index (χ3n) is 9.30. The van der Waals surface area contributed by atoms with Crippen LogP contribution < -0.4 is 0 Å². The minimum atomic E-state index is -1.11. The highest BCUT2D eigenvalue weighted by atomic mass is 16.5. The van der Waals surface area contributed by atoms with Crippen molar-refractivity contribution in [3.05, 3.63) is 35.6 Å². The molecule has 0 aromatic rings. The van der Waals surface area contributed by atoms with Crippen molar-refractivity contribution in [2.24, 2.45) is 28.6 Å². The van der Waals surface area contributed by atoms with Gasteiger partial charge in [0.05, 0.1) is 11.9 Å². The summed E-state index contributed by atoms with van der Waals surface area (Å²) < 4.78 is 4.86. The Bertz CT molecular complexity index is 1020. The Hall–Kier alpha value is -2.54. The van der Waals surface area contributed by atoms with Gasteiger partial charge in [0.15, 0.2) is 11.6 Å². The third-order valence-corrected chi connectivity index (χ3v) is 9.30. The van der Waals surface area contributed by atoms with Crippen molar-refractivity contribution in [3.63, 3.8) is 0 Å². The molecule has 7 nitrogen and oxygen atoms in total. The van der Waals surface area contributed by atoms with Gasteiger partial charge in [-0.1, -0.05) is 31.1 Å². The smallest absolute Gasteiger partial charge is 0.307 e. The van der Waals surface area contributed by atoms with Gasteiger partial charge in [0, 0.05) is 42.6 Å². The predicted octanol–water partition coefficient (Wildman–Crippen LogP) is 3.91. The Balaban J connectivity index is 1.76. The molecule has 0 aliphatic heterocycles. The van der Waals surface area contributed by atoms with Crippen molar-refractivity contribution in [2.45, 2.75) is 77.7 Å². The van der Waals surface area contributed by atoms with Crippen LogP contribution >= 0.6 is 0 Å². The summed E-state index contributed by atoms with van der Waals surface area (Å²) in [5, 5.41) is 20.9. The normalized spacial score (nSPS) is 38.9. The van der Waals surface area contributed by atoms with Gasteiger partial charge in [-0.05, 0) is 56.4 Å². The minimum Gasteiger partial charge on any atom is -0.481 e. The highest BCUT2D eigenvalue weighted by Gasteiger charge is 2.63. The fourth-order valence-corrected chi connectivity index (χ4v) is 7.29. The fourth-order valence-electron chi connectivity index (χ4n) is 7.29. The first kappa shape index (κ1) is 24.6. The Morgan fingerprint density at radius 3 is 2.65 bits per heavy atom. The zero-order chi connectivity index (χ0) is 24.9. The molecule has 0 aromatic carbocycles. The number of carboxylic acids is 1. The third kappa shape index (κ3) is 3.88. The maximum atomic E-state index is 13.4. The number of ether oxygens (including phenoxy) is 1. The van der Waals surface area contributed by atoms with E-state index >= 15 is 0 Å². The molecule has 0 aromatic heterocycles. The van der Waals surface area contributed by atoms with E-state index in [2.05, 4.69) is 13.0 Å². The van der Waals surface area contributed by atoms with Crippen molar-refractivity contribution >= 4 is 23.5 Å². The van der Waals surface area contributed by atoms with Crippen LogP contribution in [0.15, 0.2) is 35.6 Å². The number of ketones is 2. The highest BCUT2D eigenvalue weighted by Crippen LogP contribution is 2.67. The number of aliphatic carboxylic acids is 1. The summed E-state index contributed by atoms with van der Waals surface area (Å²) in [7, 11) is 0. The molecular formula is C27H34O7. The average Bonchev–Trinajstić information content (AvgIpc) is 3.03. The van der Waals surface area contributed by atoms with Crippen LogP contribution in [0.3, 0.4) is 0 Å². The molecule has 2 N–H and O–H groups in total. The number of rotatable bonds is 6. The molecule has 2 fully saturated rings. The van der Waals surface area contributed by atoms with Crippen molar-refractivity contribution in [1.82, 2.24) is 0 Å². The molecule has 0 bridgehead atoms. The molecule has 0 spiro atoms. The molecular weight excluding hydrogens is 436 g/mol. The van der Waals surface area contributed by atoms with Crippen LogP contribution in [0.2, 0.25) is 0 Å². The maximum Gasteiger partial charge on any atom is 0.307 e. The van der Waals surface area contributed by atoms with Gasteiger partial charge in [0.25, 0.3) is 0 Å². The summed E-state index contributed by atoms with van der Waals surface area (Å²) >= 11 is 0. The van der Waals surface area contributed by atoms with Gasteiger partial charge >= 0.3 is 11.9 Å². The average molecular weight is 471 g/mol. The van der Waals surface area contributed by atoms with Crippen molar-refractivity contribution < 1.29 is 34.1 Å². The first-order valence-corrected chi connectivity index (χ1v) is 12.2. The van der Waals surface area contributed by atoms with E-state index in [0.29, 0.717) is 38.5 Å². The molecule has 0 unspecified atom stereocenters. The summed E-state index contributed by atoms with van der Waals surface area (Å²) in [6, 6.07) is 0. The van der Waals surface area contributed by atoms with Gasteiger partial charge in [0.2, 0.25) is 0 Å². The van der Waals surface area contributed by atoms with Gasteiger partial charge in [-0.2, -0.15) is 0 Å². The van der Waals surface area contributed by atoms with E-state index in [4.69, 9.17) is 4.74 Å². The van der Waals surface area contributed by atoms with E-state index in [-0.39, 0.29) is 41.7 Å². The Kier molecular flexibility index (Phi) is 6.21. The number of hydrogen-bond acceptors (Lipinski definition) is 6. The van der Waals surface area contributed by atoms with Crippen LogP contribution in [-0.4, -0.2) is 39.3 Å². The Morgan fingerprint density at radius 1 is 1.24 bits per heavy atom. The molecule has 0 heterocycles. The number of carboxylic acid groups (broad SMARTS) is 1. The quantitative estimate of drug-likeness (QED) is 0.262. The number of aliphatic hydroxyl groups is 1. The van der Waals surface area contributed by atoms with Crippen LogP contribution in [0.5, 0.6) is 0 Å². The van der Waals surface area contributed by atoms with Crippen LogP contribution in [0, 0.1) is 28.6 Å². The topological polar surface area (TPSA) is 118 Å². The number of fused-ring (bicyclic) bond motifs is 5. The molecule has 2 saturated carbocycles. The van der Waals surface area contributed by atoms with E-state index in [1.54, 1.807) is 6.08 Å². The molecule has 0 amide bonds. The molecule has 34 heavy (non-hydrogen) atoms. The van der Waals surface area contributed by atoms with Crippen molar-refractivity contribution in [1.29, 1.82) is 0 Å². The van der Waals surface area contributed by atoms with Gasteiger partial charge in [0.1, 0.15) is 0 Å². The molecule has 4 rings (SSSR count). The largest absolute Gasteiger partial charge is 0.481 e. The molecule has 4 aliphatic carbocycles. The summed E-state index contributed by atoms with van der Waals surface area (Å²) in [6.45, 7) is 5.46. The van der Waals surface area contributed by atoms with Crippen LogP contribution in [0.4, 0.5) is 0 Å². The van der Waals surface area contributed by atoms with E-state index in [1.165, 1.54) is 18.6 Å². The van der Waals surface area contributed by atoms with Crippen molar-refractivity contribution in [3.8, 4) is 0 Å². The molecule has 0 saturated heterocycles. The molecule has 0 radical (unpaired) electrons. The number of esters is 1. The lowest BCUT2D eigenvalue weighted by Crippen LogP contribution is -2.53. The zero-order valence-electron chi connectivity index (χ0n) is 20.1. The summed E-state index contributed by atoms with van der Waals surface area (Å²) in [4.78, 5) is 48.1. The summed E-state index contributed by atoms with van der Waals surface area (Å²) in [5.41, 5.74) is 0.197. The number of carbonyl (C=O) groups is 4. The van der Waals surface area contributed by atoms with E-state index in [0.717, 1.165) is 11.8 Å². The van der Waals surface area contributed by atoms with Crippen LogP contribution in [0.25, 0.3) is 0 Å². The highest BCUT2D eigenvalue weighted by molar-refractivity contribution is 5.95. The minimum absolute atomic E-state index is 0.0124. The summed E-state index contributed by atoms with van der Waals surface area (Å²) in [5.74, 6) is -2.06. The van der Waals surface area contributed by atoms with Gasteiger partial charge in [-0.15, -0.1) is 0 Å². The van der Waals surface area contributed by atoms with Gasteiger partial charge < -0.3 is 14.9 Å². The second kappa shape index (κ2) is 8.59. The molecule has 184 valence electrons. The Morgan fingerprint density at radius 2 is 1.97 bits per heavy atom. The predicted molar refractivity (Wildman–Crippen MR) is 123 cm³/mol. The van der Waals surface area contributed by atoms with Crippen molar-refractivity contribution in [2.75, 3.05) is 0 Å². The van der Waals surface area contributed by atoms with Gasteiger partial charge in [-0.25, -0.2) is 0 Å². The second-order valence-corrected chi connectivity index (χ2v) is 11.0. The first-order valence-electron chi connectivity index (χ1n) is 12.2. The standard InChI is InChI=1S/C27H34O7/c1-16(28)34-13-8-22(30)19-15-17-14-18(29)4-9-25(17,2)20-5-10-26(3)21(24(19)20)6-11-27(26,33)12-7-23(31)32/h5,8,13-14,19,21,24,33H,4,6-7,9-12,15H2,1-3H3,(H,31,32)/b13-8-/t19-,21-,24+,25-,26-,27+/m0/s1. The first-order chi connectivity index (χ1) is 15.9. The lowest BCUT2D eigenvalue weighted by Gasteiger charge is -2.57. The number of carbonyl (C=O) groups excluding carboxylic acids is 3. The van der Waals surface area contributed by atoms with E-state index < -0.39 is 28.9 Å². The summed E-state index contributed by atoms with van der Waals surface area (Å²) in [6.07, 6.45) is 9.84. The molecule has 4 aliphatic rings. The van der Waals surface area contributed by atoms with E-state index in [1.807, 2.05) is 6.92 Å². The SMILES string of the molecule is CC(=O)O/C=C\C(=O)[C@@H]1CC2=CC(=O)CC[C@]2(C)C2=CC[C@@]3(C)[C@@H](CC[C@@]3(O)CCC(=O)O)[C@@H]21. The number of allylic oxidation sites excluding steroid dienone is 5. The van der Waals surface area contributed by atoms with Crippen LogP contribution in [0.1, 0.15) is 72.1 Å². The fraction of sp³-hybridized carbons (Fsp3) is 0.630.